The number of benzene rings is 1. The van der Waals surface area contributed by atoms with Crippen LogP contribution in [-0.2, 0) is 22.4 Å². The summed E-state index contributed by atoms with van der Waals surface area (Å²) in [7, 11) is 2.94. The zero-order chi connectivity index (χ0) is 18.5. The number of esters is 1. The predicted molar refractivity (Wildman–Crippen MR) is 99.4 cm³/mol. The van der Waals surface area contributed by atoms with Gasteiger partial charge in [-0.1, -0.05) is 0 Å². The summed E-state index contributed by atoms with van der Waals surface area (Å²) >= 11 is 1.46. The molecule has 0 atom stereocenters. The molecule has 0 fully saturated rings. The van der Waals surface area contributed by atoms with Gasteiger partial charge in [0.15, 0.2) is 6.61 Å². The van der Waals surface area contributed by atoms with Crippen molar-refractivity contribution in [2.45, 2.75) is 25.7 Å². The van der Waals surface area contributed by atoms with Crippen molar-refractivity contribution in [1.29, 1.82) is 0 Å². The van der Waals surface area contributed by atoms with Gasteiger partial charge in [0.05, 0.1) is 19.8 Å². The molecule has 1 aromatic heterocycles. The van der Waals surface area contributed by atoms with E-state index in [1.165, 1.54) is 18.4 Å². The van der Waals surface area contributed by atoms with Gasteiger partial charge in [-0.2, -0.15) is 0 Å². The largest absolute Gasteiger partial charge is 0.497 e. The summed E-state index contributed by atoms with van der Waals surface area (Å²) in [6.07, 6.45) is 3.92. The number of amides is 1. The van der Waals surface area contributed by atoms with Crippen molar-refractivity contribution >= 4 is 28.2 Å². The number of carbonyl (C=O) groups is 2. The topological polar surface area (TPSA) is 73.9 Å². The van der Waals surface area contributed by atoms with E-state index in [1.54, 1.807) is 31.4 Å². The smallest absolute Gasteiger partial charge is 0.341 e. The van der Waals surface area contributed by atoms with Gasteiger partial charge in [-0.3, -0.25) is 4.79 Å². The maximum Gasteiger partial charge on any atom is 0.341 e. The van der Waals surface area contributed by atoms with Gasteiger partial charge in [0.1, 0.15) is 16.5 Å². The number of hydrogen-bond donors (Lipinski definition) is 1. The molecule has 0 aliphatic heterocycles. The van der Waals surface area contributed by atoms with Crippen molar-refractivity contribution in [1.82, 2.24) is 0 Å². The van der Waals surface area contributed by atoms with Crippen molar-refractivity contribution in [3.8, 4) is 11.5 Å². The van der Waals surface area contributed by atoms with Gasteiger partial charge in [-0.25, -0.2) is 4.79 Å². The summed E-state index contributed by atoms with van der Waals surface area (Å²) in [4.78, 5) is 25.6. The van der Waals surface area contributed by atoms with E-state index >= 15 is 0 Å². The molecular formula is C19H21NO5S. The quantitative estimate of drug-likeness (QED) is 0.783. The fraction of sp³-hybridized carbons (Fsp3) is 0.368. The number of carbonyl (C=O) groups excluding carboxylic acids is 2. The second-order valence-electron chi connectivity index (χ2n) is 5.92. The van der Waals surface area contributed by atoms with Gasteiger partial charge in [0.25, 0.3) is 5.91 Å². The highest BCUT2D eigenvalue weighted by Crippen LogP contribution is 2.38. The number of rotatable bonds is 6. The molecule has 138 valence electrons. The average Bonchev–Trinajstić information content (AvgIpc) is 3.03. The third kappa shape index (κ3) is 3.99. The van der Waals surface area contributed by atoms with Gasteiger partial charge in [0.2, 0.25) is 0 Å². The summed E-state index contributed by atoms with van der Waals surface area (Å²) in [5, 5.41) is 3.35. The molecule has 0 spiro atoms. The molecule has 0 saturated carbocycles. The first-order valence-corrected chi connectivity index (χ1v) is 9.23. The summed E-state index contributed by atoms with van der Waals surface area (Å²) < 4.78 is 15.5. The minimum Gasteiger partial charge on any atom is -0.497 e. The van der Waals surface area contributed by atoms with Crippen LogP contribution in [0.3, 0.4) is 0 Å². The molecule has 1 aromatic carbocycles. The molecule has 1 aliphatic carbocycles. The Kier molecular flexibility index (Phi) is 5.78. The minimum absolute atomic E-state index is 0.143. The lowest BCUT2D eigenvalue weighted by molar-refractivity contribution is -0.118. The molecule has 3 rings (SSSR count). The maximum absolute atomic E-state index is 12.3. The van der Waals surface area contributed by atoms with Crippen molar-refractivity contribution in [2.24, 2.45) is 0 Å². The molecule has 1 amide bonds. The number of hydrogen-bond acceptors (Lipinski definition) is 6. The summed E-state index contributed by atoms with van der Waals surface area (Å²) in [6.45, 7) is -0.143. The van der Waals surface area contributed by atoms with Crippen molar-refractivity contribution < 1.29 is 23.8 Å². The van der Waals surface area contributed by atoms with Gasteiger partial charge >= 0.3 is 5.97 Å². The molecule has 1 N–H and O–H groups in total. The number of fused-ring (bicyclic) bond motifs is 1. The SMILES string of the molecule is COC(=O)c1c(NC(=O)COc2ccc(OC)cc2)sc2c1CCCC2. The molecule has 1 heterocycles. The van der Waals surface area contributed by atoms with Crippen LogP contribution in [0.15, 0.2) is 24.3 Å². The minimum atomic E-state index is -0.407. The Bertz CT molecular complexity index is 797. The normalized spacial score (nSPS) is 12.8. The predicted octanol–water partition coefficient (Wildman–Crippen LogP) is 3.44. The first-order valence-electron chi connectivity index (χ1n) is 8.42. The lowest BCUT2D eigenvalue weighted by Crippen LogP contribution is -2.21. The second kappa shape index (κ2) is 8.23. The first-order chi connectivity index (χ1) is 12.6. The van der Waals surface area contributed by atoms with Crippen LogP contribution in [0.1, 0.15) is 33.6 Å². The Hall–Kier alpha value is -2.54. The third-order valence-electron chi connectivity index (χ3n) is 4.24. The molecule has 0 unspecified atom stereocenters. The first kappa shape index (κ1) is 18.3. The fourth-order valence-corrected chi connectivity index (χ4v) is 4.25. The molecule has 2 aromatic rings. The van der Waals surface area contributed by atoms with Crippen LogP contribution in [0.5, 0.6) is 11.5 Å². The van der Waals surface area contributed by atoms with E-state index < -0.39 is 5.97 Å². The number of anilines is 1. The maximum atomic E-state index is 12.3. The van der Waals surface area contributed by atoms with Crippen LogP contribution in [0.2, 0.25) is 0 Å². The van der Waals surface area contributed by atoms with Gasteiger partial charge in [-0.05, 0) is 55.5 Å². The summed E-state index contributed by atoms with van der Waals surface area (Å²) in [5.74, 6) is 0.564. The number of ether oxygens (including phenoxy) is 3. The molecule has 0 bridgehead atoms. The lowest BCUT2D eigenvalue weighted by atomic mass is 9.95. The Labute approximate surface area is 156 Å². The van der Waals surface area contributed by atoms with Crippen LogP contribution in [0.4, 0.5) is 5.00 Å². The highest BCUT2D eigenvalue weighted by molar-refractivity contribution is 7.17. The monoisotopic (exact) mass is 375 g/mol. The second-order valence-corrected chi connectivity index (χ2v) is 7.02. The van der Waals surface area contributed by atoms with Gasteiger partial charge in [-0.15, -0.1) is 11.3 Å². The molecule has 0 radical (unpaired) electrons. The van der Waals surface area contributed by atoms with Crippen LogP contribution in [-0.4, -0.2) is 32.7 Å². The van der Waals surface area contributed by atoms with E-state index in [0.717, 1.165) is 36.1 Å². The van der Waals surface area contributed by atoms with E-state index in [9.17, 15) is 9.59 Å². The van der Waals surface area contributed by atoms with Crippen LogP contribution < -0.4 is 14.8 Å². The molecule has 0 saturated heterocycles. The van der Waals surface area contributed by atoms with E-state index in [1.807, 2.05) is 0 Å². The van der Waals surface area contributed by atoms with Crippen molar-refractivity contribution in [3.63, 3.8) is 0 Å². The molecular weight excluding hydrogens is 354 g/mol. The number of thiophene rings is 1. The Morgan fingerprint density at radius 1 is 1.08 bits per heavy atom. The zero-order valence-corrected chi connectivity index (χ0v) is 15.6. The van der Waals surface area contributed by atoms with E-state index in [-0.39, 0.29) is 12.5 Å². The zero-order valence-electron chi connectivity index (χ0n) is 14.8. The van der Waals surface area contributed by atoms with Gasteiger partial charge < -0.3 is 19.5 Å². The van der Waals surface area contributed by atoms with Gasteiger partial charge in [0, 0.05) is 4.88 Å². The van der Waals surface area contributed by atoms with Crippen molar-refractivity contribution in [3.05, 3.63) is 40.3 Å². The van der Waals surface area contributed by atoms with E-state index in [4.69, 9.17) is 14.2 Å². The van der Waals surface area contributed by atoms with Crippen molar-refractivity contribution in [2.75, 3.05) is 26.1 Å². The van der Waals surface area contributed by atoms with Crippen LogP contribution >= 0.6 is 11.3 Å². The molecule has 1 aliphatic rings. The Morgan fingerprint density at radius 3 is 2.46 bits per heavy atom. The summed E-state index contributed by atoms with van der Waals surface area (Å²) in [6, 6.07) is 6.98. The van der Waals surface area contributed by atoms with E-state index in [2.05, 4.69) is 5.32 Å². The third-order valence-corrected chi connectivity index (χ3v) is 5.45. The number of aryl methyl sites for hydroxylation is 1. The fourth-order valence-electron chi connectivity index (χ4n) is 2.96. The Morgan fingerprint density at radius 2 is 1.77 bits per heavy atom. The molecule has 6 nitrogen and oxygen atoms in total. The number of nitrogens with one attached hydrogen (secondary N) is 1. The van der Waals surface area contributed by atoms with Crippen LogP contribution in [0, 0.1) is 0 Å². The lowest BCUT2D eigenvalue weighted by Gasteiger charge is -2.12. The van der Waals surface area contributed by atoms with E-state index in [0.29, 0.717) is 22.1 Å². The Balaban J connectivity index is 1.68. The standard InChI is InChI=1S/C19H21NO5S/c1-23-12-7-9-13(10-8-12)25-11-16(21)20-18-17(19(22)24-2)14-5-3-4-6-15(14)26-18/h7-10H,3-6,11H2,1-2H3,(H,20,21). The van der Waals surface area contributed by atoms with Crippen LogP contribution in [0.25, 0.3) is 0 Å². The average molecular weight is 375 g/mol. The highest BCUT2D eigenvalue weighted by Gasteiger charge is 2.26. The molecule has 26 heavy (non-hydrogen) atoms. The molecule has 7 heteroatoms. The summed E-state index contributed by atoms with van der Waals surface area (Å²) in [5.41, 5.74) is 1.50. The number of methoxy groups -OCH3 is 2. The highest BCUT2D eigenvalue weighted by atomic mass is 32.1.